The van der Waals surface area contributed by atoms with Crippen LogP contribution in [-0.2, 0) is 21.2 Å². The third-order valence-electron chi connectivity index (χ3n) is 4.14. The number of benzene rings is 1. The number of hydrogen-bond donors (Lipinski definition) is 2. The lowest BCUT2D eigenvalue weighted by Crippen LogP contribution is -2.33. The number of carbonyl (C=O) groups excluding carboxylic acids is 1. The van der Waals surface area contributed by atoms with Crippen molar-refractivity contribution >= 4 is 38.1 Å². The first-order valence-electron chi connectivity index (χ1n) is 8.32. The minimum atomic E-state index is -3.72. The molecule has 0 spiro atoms. The first-order valence-corrected chi connectivity index (χ1v) is 10.6. The number of hydrogen-bond acceptors (Lipinski definition) is 7. The molecule has 140 valence electrons. The average Bonchev–Trinajstić information content (AvgIpc) is 3.16. The maximum atomic E-state index is 12.3. The zero-order chi connectivity index (χ0) is 18.7. The van der Waals surface area contributed by atoms with Crippen LogP contribution in [0.5, 0.6) is 0 Å². The molecule has 0 aliphatic carbocycles. The summed E-state index contributed by atoms with van der Waals surface area (Å²) in [5, 5.41) is 9.88. The van der Waals surface area contributed by atoms with Crippen LogP contribution in [-0.4, -0.2) is 43.7 Å². The van der Waals surface area contributed by atoms with Crippen LogP contribution in [0.4, 0.5) is 10.8 Å². The number of amides is 1. The molecule has 1 atom stereocenters. The molecule has 1 aliphatic heterocycles. The van der Waals surface area contributed by atoms with Gasteiger partial charge in [-0.2, -0.15) is 0 Å². The van der Waals surface area contributed by atoms with E-state index in [0.717, 1.165) is 24.3 Å². The van der Waals surface area contributed by atoms with Gasteiger partial charge in [-0.05, 0) is 31.4 Å². The highest BCUT2D eigenvalue weighted by atomic mass is 32.2. The van der Waals surface area contributed by atoms with Crippen molar-refractivity contribution in [1.29, 1.82) is 0 Å². The topological polar surface area (TPSA) is 104 Å². The van der Waals surface area contributed by atoms with E-state index in [0.29, 0.717) is 19.0 Å². The van der Waals surface area contributed by atoms with Gasteiger partial charge in [0.2, 0.25) is 15.4 Å². The Bertz CT molecular complexity index is 897. The monoisotopic (exact) mass is 395 g/mol. The highest BCUT2D eigenvalue weighted by Crippen LogP contribution is 2.31. The molecule has 8 nitrogen and oxygen atoms in total. The number of rotatable bonds is 7. The summed E-state index contributed by atoms with van der Waals surface area (Å²) in [6.45, 7) is 4.58. The number of anilines is 2. The smallest absolute Gasteiger partial charge is 0.269 e. The van der Waals surface area contributed by atoms with E-state index in [1.165, 1.54) is 18.2 Å². The molecule has 3 rings (SSSR count). The number of fused-ring (bicyclic) bond motifs is 1. The van der Waals surface area contributed by atoms with Gasteiger partial charge in [0.1, 0.15) is 0 Å². The van der Waals surface area contributed by atoms with E-state index in [2.05, 4.69) is 44.2 Å². The Morgan fingerprint density at radius 1 is 1.35 bits per heavy atom. The zero-order valence-corrected chi connectivity index (χ0v) is 16.2. The molecule has 1 amide bonds. The standard InChI is InChI=1S/C16H21N5O3S2/c1-11-10-13-6-3-4-7-14(13)21(11)9-5-8-17-26(23,24)16-20-19-15(25-16)18-12(2)22/h3-4,6-7,11,17H,5,8-10H2,1-2H3,(H,18,19,22)/t11-/m1/s1. The van der Waals surface area contributed by atoms with Crippen LogP contribution in [0.3, 0.4) is 0 Å². The van der Waals surface area contributed by atoms with Crippen LogP contribution >= 0.6 is 11.3 Å². The summed E-state index contributed by atoms with van der Waals surface area (Å²) < 4.78 is 26.9. The van der Waals surface area contributed by atoms with Crippen LogP contribution in [0.2, 0.25) is 0 Å². The SMILES string of the molecule is CC(=O)Nc1nnc(S(=O)(=O)NCCCN2c3ccccc3C[C@H]2C)s1. The fourth-order valence-corrected chi connectivity index (χ4v) is 5.07. The molecule has 0 saturated heterocycles. The minimum absolute atomic E-state index is 0.152. The van der Waals surface area contributed by atoms with Gasteiger partial charge in [-0.1, -0.05) is 29.5 Å². The lowest BCUT2D eigenvalue weighted by atomic mass is 10.1. The summed E-state index contributed by atoms with van der Waals surface area (Å²) in [5.41, 5.74) is 2.56. The van der Waals surface area contributed by atoms with Crippen LogP contribution in [0, 0.1) is 0 Å². The summed E-state index contributed by atoms with van der Waals surface area (Å²) in [7, 11) is -3.72. The van der Waals surface area contributed by atoms with Gasteiger partial charge in [0, 0.05) is 31.7 Å². The van der Waals surface area contributed by atoms with Crippen molar-refractivity contribution in [2.75, 3.05) is 23.3 Å². The summed E-state index contributed by atoms with van der Waals surface area (Å²) in [5.74, 6) is -0.321. The number of nitrogens with one attached hydrogen (secondary N) is 2. The second-order valence-electron chi connectivity index (χ2n) is 6.18. The second kappa shape index (κ2) is 7.68. The van der Waals surface area contributed by atoms with E-state index in [1.54, 1.807) is 0 Å². The van der Waals surface area contributed by atoms with E-state index in [1.807, 2.05) is 12.1 Å². The number of nitrogens with zero attached hydrogens (tertiary/aromatic N) is 3. The van der Waals surface area contributed by atoms with E-state index in [4.69, 9.17) is 0 Å². The van der Waals surface area contributed by atoms with Crippen molar-refractivity contribution in [3.05, 3.63) is 29.8 Å². The normalized spacial score (nSPS) is 16.5. The van der Waals surface area contributed by atoms with Crippen LogP contribution in [0.1, 0.15) is 25.8 Å². The van der Waals surface area contributed by atoms with Gasteiger partial charge in [0.05, 0.1) is 0 Å². The first kappa shape index (κ1) is 18.7. The van der Waals surface area contributed by atoms with E-state index in [-0.39, 0.29) is 15.4 Å². The van der Waals surface area contributed by atoms with Gasteiger partial charge >= 0.3 is 0 Å². The molecule has 2 N–H and O–H groups in total. The Balaban J connectivity index is 1.53. The van der Waals surface area contributed by atoms with Crippen LogP contribution in [0.15, 0.2) is 28.6 Å². The molecule has 1 aromatic carbocycles. The molecule has 0 fully saturated rings. The Morgan fingerprint density at radius 2 is 2.12 bits per heavy atom. The number of aromatic nitrogens is 2. The van der Waals surface area contributed by atoms with Crippen molar-refractivity contribution in [1.82, 2.24) is 14.9 Å². The van der Waals surface area contributed by atoms with E-state index < -0.39 is 10.0 Å². The summed E-state index contributed by atoms with van der Waals surface area (Å²) in [6, 6.07) is 8.71. The van der Waals surface area contributed by atoms with Crippen molar-refractivity contribution in [3.63, 3.8) is 0 Å². The third-order valence-corrected chi connectivity index (χ3v) is 6.80. The number of para-hydroxylation sites is 1. The molecular weight excluding hydrogens is 374 g/mol. The Morgan fingerprint density at radius 3 is 2.88 bits per heavy atom. The number of sulfonamides is 1. The molecule has 26 heavy (non-hydrogen) atoms. The molecule has 1 aliphatic rings. The molecule has 0 saturated carbocycles. The highest BCUT2D eigenvalue weighted by Gasteiger charge is 2.25. The Labute approximate surface area is 156 Å². The van der Waals surface area contributed by atoms with Crippen molar-refractivity contribution < 1.29 is 13.2 Å². The molecule has 1 aromatic heterocycles. The lowest BCUT2D eigenvalue weighted by molar-refractivity contribution is -0.114. The summed E-state index contributed by atoms with van der Waals surface area (Å²) >= 11 is 0.828. The molecule has 0 radical (unpaired) electrons. The Kier molecular flexibility index (Phi) is 5.54. The molecular formula is C16H21N5O3S2. The lowest BCUT2D eigenvalue weighted by Gasteiger charge is -2.24. The highest BCUT2D eigenvalue weighted by molar-refractivity contribution is 7.91. The maximum Gasteiger partial charge on any atom is 0.269 e. The van der Waals surface area contributed by atoms with E-state index >= 15 is 0 Å². The minimum Gasteiger partial charge on any atom is -0.368 e. The van der Waals surface area contributed by atoms with E-state index in [9.17, 15) is 13.2 Å². The predicted molar refractivity (Wildman–Crippen MR) is 101 cm³/mol. The number of carbonyl (C=O) groups is 1. The van der Waals surface area contributed by atoms with Gasteiger partial charge < -0.3 is 10.2 Å². The van der Waals surface area contributed by atoms with Gasteiger partial charge in [0.15, 0.2) is 0 Å². The molecule has 0 unspecified atom stereocenters. The van der Waals surface area contributed by atoms with Gasteiger partial charge in [-0.15, -0.1) is 10.2 Å². The Hall–Kier alpha value is -2.04. The van der Waals surface area contributed by atoms with Crippen molar-refractivity contribution in [2.24, 2.45) is 0 Å². The van der Waals surface area contributed by atoms with Crippen LogP contribution < -0.4 is 14.9 Å². The molecule has 10 heteroatoms. The molecule has 2 heterocycles. The fraction of sp³-hybridized carbons (Fsp3) is 0.438. The average molecular weight is 396 g/mol. The quantitative estimate of drug-likeness (QED) is 0.545. The summed E-state index contributed by atoms with van der Waals surface area (Å²) in [4.78, 5) is 13.3. The zero-order valence-electron chi connectivity index (χ0n) is 14.6. The van der Waals surface area contributed by atoms with Crippen molar-refractivity contribution in [2.45, 2.75) is 37.1 Å². The first-order chi connectivity index (χ1) is 12.4. The third kappa shape index (κ3) is 4.19. The second-order valence-corrected chi connectivity index (χ2v) is 9.10. The molecule has 2 aromatic rings. The van der Waals surface area contributed by atoms with Gasteiger partial charge in [-0.3, -0.25) is 4.79 Å². The van der Waals surface area contributed by atoms with Gasteiger partial charge in [0.25, 0.3) is 10.0 Å². The largest absolute Gasteiger partial charge is 0.368 e. The fourth-order valence-electron chi connectivity index (χ4n) is 3.01. The van der Waals surface area contributed by atoms with Crippen molar-refractivity contribution in [3.8, 4) is 0 Å². The molecule has 0 bridgehead atoms. The summed E-state index contributed by atoms with van der Waals surface area (Å²) in [6.07, 6.45) is 1.69. The maximum absolute atomic E-state index is 12.3. The van der Waals surface area contributed by atoms with Crippen LogP contribution in [0.25, 0.3) is 0 Å². The van der Waals surface area contributed by atoms with Gasteiger partial charge in [-0.25, -0.2) is 13.1 Å². The predicted octanol–water partition coefficient (Wildman–Crippen LogP) is 1.62.